The van der Waals surface area contributed by atoms with Crippen LogP contribution in [0.5, 0.6) is 0 Å². The SMILES string of the molecule is CCNC(=NCC(O)CN1CCc2ccccc2C1)NCCCn1c(C)nc2ccccc21. The second kappa shape index (κ2) is 11.3. The second-order valence-electron chi connectivity index (χ2n) is 8.71. The van der Waals surface area contributed by atoms with E-state index in [0.29, 0.717) is 13.1 Å². The smallest absolute Gasteiger partial charge is 0.191 e. The van der Waals surface area contributed by atoms with Crippen LogP contribution >= 0.6 is 0 Å². The third-order valence-electron chi connectivity index (χ3n) is 6.18. The zero-order valence-electron chi connectivity index (χ0n) is 19.8. The molecular weight excluding hydrogens is 412 g/mol. The number of imidazole rings is 1. The molecule has 3 N–H and O–H groups in total. The Kier molecular flexibility index (Phi) is 7.96. The minimum absolute atomic E-state index is 0.388. The lowest BCUT2D eigenvalue weighted by Gasteiger charge is -2.30. The second-order valence-corrected chi connectivity index (χ2v) is 8.71. The summed E-state index contributed by atoms with van der Waals surface area (Å²) in [4.78, 5) is 11.6. The van der Waals surface area contributed by atoms with E-state index < -0.39 is 6.10 Å². The molecule has 0 saturated heterocycles. The fraction of sp³-hybridized carbons (Fsp3) is 0.462. The van der Waals surface area contributed by atoms with Crippen molar-refractivity contribution in [1.29, 1.82) is 0 Å². The van der Waals surface area contributed by atoms with Crippen LogP contribution in [0.4, 0.5) is 0 Å². The van der Waals surface area contributed by atoms with Gasteiger partial charge in [-0.05, 0) is 49.9 Å². The van der Waals surface area contributed by atoms with Crippen LogP contribution in [0.2, 0.25) is 0 Å². The van der Waals surface area contributed by atoms with Crippen molar-refractivity contribution in [1.82, 2.24) is 25.1 Å². The number of hydrogen-bond donors (Lipinski definition) is 3. The summed E-state index contributed by atoms with van der Waals surface area (Å²) in [7, 11) is 0. The van der Waals surface area contributed by atoms with Gasteiger partial charge in [0.05, 0.1) is 23.7 Å². The van der Waals surface area contributed by atoms with Crippen molar-refractivity contribution in [3.8, 4) is 0 Å². The molecule has 0 saturated carbocycles. The molecule has 1 unspecified atom stereocenters. The van der Waals surface area contributed by atoms with Crippen LogP contribution in [0, 0.1) is 6.92 Å². The maximum atomic E-state index is 10.6. The maximum absolute atomic E-state index is 10.6. The third kappa shape index (κ3) is 6.12. The highest BCUT2D eigenvalue weighted by Gasteiger charge is 2.18. The molecule has 33 heavy (non-hydrogen) atoms. The number of nitrogens with zero attached hydrogens (tertiary/aromatic N) is 4. The number of guanidine groups is 1. The third-order valence-corrected chi connectivity index (χ3v) is 6.18. The summed E-state index contributed by atoms with van der Waals surface area (Å²) >= 11 is 0. The lowest BCUT2D eigenvalue weighted by molar-refractivity contribution is 0.111. The minimum Gasteiger partial charge on any atom is -0.390 e. The topological polar surface area (TPSA) is 77.7 Å². The number of aliphatic imine (C=N–C) groups is 1. The quantitative estimate of drug-likeness (QED) is 0.267. The molecule has 7 heteroatoms. The van der Waals surface area contributed by atoms with E-state index in [-0.39, 0.29) is 0 Å². The van der Waals surface area contributed by atoms with Crippen LogP contribution in [-0.4, -0.2) is 64.3 Å². The van der Waals surface area contributed by atoms with Crippen LogP contribution < -0.4 is 10.6 Å². The van der Waals surface area contributed by atoms with Gasteiger partial charge in [-0.1, -0.05) is 36.4 Å². The number of hydrogen-bond acceptors (Lipinski definition) is 4. The van der Waals surface area contributed by atoms with Gasteiger partial charge in [-0.15, -0.1) is 0 Å². The van der Waals surface area contributed by atoms with E-state index in [0.717, 1.165) is 62.9 Å². The predicted molar refractivity (Wildman–Crippen MR) is 134 cm³/mol. The zero-order valence-corrected chi connectivity index (χ0v) is 19.8. The Morgan fingerprint density at radius 1 is 1.12 bits per heavy atom. The summed E-state index contributed by atoms with van der Waals surface area (Å²) in [6.45, 7) is 9.52. The maximum Gasteiger partial charge on any atom is 0.191 e. The van der Waals surface area contributed by atoms with Gasteiger partial charge in [0.25, 0.3) is 0 Å². The molecule has 1 atom stereocenters. The fourth-order valence-electron chi connectivity index (χ4n) is 4.53. The Morgan fingerprint density at radius 2 is 1.91 bits per heavy atom. The van der Waals surface area contributed by atoms with Gasteiger partial charge < -0.3 is 20.3 Å². The van der Waals surface area contributed by atoms with Crippen molar-refractivity contribution in [3.05, 3.63) is 65.5 Å². The number of aromatic nitrogens is 2. The highest BCUT2D eigenvalue weighted by Crippen LogP contribution is 2.18. The highest BCUT2D eigenvalue weighted by molar-refractivity contribution is 5.79. The Hall–Kier alpha value is -2.90. The number of aryl methyl sites for hydroxylation is 2. The van der Waals surface area contributed by atoms with Gasteiger partial charge >= 0.3 is 0 Å². The molecule has 1 aliphatic heterocycles. The number of β-amino-alcohol motifs (C(OH)–C–C–N with tert-alkyl or cyclic N) is 1. The Morgan fingerprint density at radius 3 is 2.76 bits per heavy atom. The van der Waals surface area contributed by atoms with E-state index >= 15 is 0 Å². The molecule has 7 nitrogen and oxygen atoms in total. The van der Waals surface area contributed by atoms with Gasteiger partial charge in [-0.3, -0.25) is 9.89 Å². The molecule has 3 aromatic rings. The largest absolute Gasteiger partial charge is 0.390 e. The summed E-state index contributed by atoms with van der Waals surface area (Å²) < 4.78 is 2.27. The number of fused-ring (bicyclic) bond motifs is 2. The molecule has 0 spiro atoms. The number of aliphatic hydroxyl groups is 1. The van der Waals surface area contributed by atoms with Crippen LogP contribution in [0.3, 0.4) is 0 Å². The first kappa shape index (κ1) is 23.3. The molecule has 1 aliphatic rings. The van der Waals surface area contributed by atoms with Crippen molar-refractivity contribution in [2.24, 2.45) is 4.99 Å². The first-order valence-electron chi connectivity index (χ1n) is 12.0. The predicted octanol–water partition coefficient (Wildman–Crippen LogP) is 2.71. The van der Waals surface area contributed by atoms with E-state index in [4.69, 9.17) is 0 Å². The number of aliphatic hydroxyl groups excluding tert-OH is 1. The Bertz CT molecular complexity index is 1080. The molecular formula is C26H36N6O. The van der Waals surface area contributed by atoms with Crippen molar-refractivity contribution in [2.75, 3.05) is 32.7 Å². The van der Waals surface area contributed by atoms with Crippen LogP contribution in [0.1, 0.15) is 30.3 Å². The molecule has 0 radical (unpaired) electrons. The van der Waals surface area contributed by atoms with Crippen molar-refractivity contribution >= 4 is 17.0 Å². The molecule has 0 amide bonds. The summed E-state index contributed by atoms with van der Waals surface area (Å²) in [6, 6.07) is 16.9. The first-order valence-corrected chi connectivity index (χ1v) is 12.0. The number of para-hydroxylation sites is 2. The van der Waals surface area contributed by atoms with Crippen molar-refractivity contribution in [2.45, 2.75) is 45.9 Å². The number of nitrogens with one attached hydrogen (secondary N) is 2. The highest BCUT2D eigenvalue weighted by atomic mass is 16.3. The van der Waals surface area contributed by atoms with Crippen LogP contribution in [0.25, 0.3) is 11.0 Å². The van der Waals surface area contributed by atoms with E-state index in [9.17, 15) is 5.11 Å². The van der Waals surface area contributed by atoms with E-state index in [1.54, 1.807) is 0 Å². The monoisotopic (exact) mass is 448 g/mol. The van der Waals surface area contributed by atoms with E-state index in [1.165, 1.54) is 16.6 Å². The molecule has 0 aliphatic carbocycles. The summed E-state index contributed by atoms with van der Waals surface area (Å²) in [5, 5.41) is 17.3. The van der Waals surface area contributed by atoms with Gasteiger partial charge in [0.15, 0.2) is 5.96 Å². The Balaban J connectivity index is 1.24. The lowest BCUT2D eigenvalue weighted by Crippen LogP contribution is -2.40. The average molecular weight is 449 g/mol. The molecule has 1 aromatic heterocycles. The molecule has 2 aromatic carbocycles. The lowest BCUT2D eigenvalue weighted by atomic mass is 10.00. The van der Waals surface area contributed by atoms with Crippen LogP contribution in [-0.2, 0) is 19.5 Å². The van der Waals surface area contributed by atoms with Gasteiger partial charge in [0.1, 0.15) is 5.82 Å². The van der Waals surface area contributed by atoms with Crippen molar-refractivity contribution < 1.29 is 5.11 Å². The normalized spacial score (nSPS) is 15.4. The molecule has 0 bridgehead atoms. The molecule has 176 valence electrons. The molecule has 4 rings (SSSR count). The summed E-state index contributed by atoms with van der Waals surface area (Å²) in [5.41, 5.74) is 5.03. The van der Waals surface area contributed by atoms with Gasteiger partial charge in [0.2, 0.25) is 0 Å². The molecule has 2 heterocycles. The van der Waals surface area contributed by atoms with Gasteiger partial charge in [0, 0.05) is 39.3 Å². The van der Waals surface area contributed by atoms with E-state index in [1.807, 2.05) is 6.07 Å². The van der Waals surface area contributed by atoms with Gasteiger partial charge in [-0.25, -0.2) is 4.98 Å². The Labute approximate surface area is 196 Å². The summed E-state index contributed by atoms with van der Waals surface area (Å²) in [6.07, 6.45) is 1.52. The average Bonchev–Trinajstić information content (AvgIpc) is 3.15. The fourth-order valence-corrected chi connectivity index (χ4v) is 4.53. The first-order chi connectivity index (χ1) is 16.1. The number of rotatable bonds is 9. The summed E-state index contributed by atoms with van der Waals surface area (Å²) in [5.74, 6) is 1.80. The van der Waals surface area contributed by atoms with E-state index in [2.05, 4.69) is 86.4 Å². The zero-order chi connectivity index (χ0) is 23.0. The van der Waals surface area contributed by atoms with Crippen molar-refractivity contribution in [3.63, 3.8) is 0 Å². The minimum atomic E-state index is -0.481. The standard InChI is InChI=1S/C26H36N6O/c1-3-27-26(28-14-8-15-32-20(2)30-24-11-6-7-12-25(24)32)29-17-23(33)19-31-16-13-21-9-4-5-10-22(21)18-31/h4-7,9-12,23,33H,3,8,13-19H2,1-2H3,(H2,27,28,29). The number of benzene rings is 2. The molecule has 0 fully saturated rings. The van der Waals surface area contributed by atoms with Gasteiger partial charge in [-0.2, -0.15) is 0 Å². The van der Waals surface area contributed by atoms with Crippen LogP contribution in [0.15, 0.2) is 53.5 Å².